The van der Waals surface area contributed by atoms with Gasteiger partial charge in [0.05, 0.1) is 0 Å². The predicted octanol–water partition coefficient (Wildman–Crippen LogP) is 3.30. The van der Waals surface area contributed by atoms with Gasteiger partial charge in [0, 0.05) is 0 Å². The standard InChI is InChI=1S/C11H15FS/c1-8-6-10(4-3-5-13)11(12)7-9(8)2/h6-7,13H,3-5H2,1-2H3. The molecule has 1 aromatic carbocycles. The summed E-state index contributed by atoms with van der Waals surface area (Å²) in [4.78, 5) is 0. The SMILES string of the molecule is Cc1cc(F)c(CCCS)cc1C. The average Bonchev–Trinajstić information content (AvgIpc) is 2.09. The fourth-order valence-corrected chi connectivity index (χ4v) is 1.46. The lowest BCUT2D eigenvalue weighted by atomic mass is 10.0. The van der Waals surface area contributed by atoms with Gasteiger partial charge in [-0.2, -0.15) is 12.6 Å². The average molecular weight is 198 g/mol. The van der Waals surface area contributed by atoms with Gasteiger partial charge in [0.1, 0.15) is 5.82 Å². The van der Waals surface area contributed by atoms with Gasteiger partial charge in [0.25, 0.3) is 0 Å². The third-order valence-electron chi connectivity index (χ3n) is 2.27. The Bertz CT molecular complexity index is 294. The third kappa shape index (κ3) is 2.73. The molecule has 0 spiro atoms. The maximum Gasteiger partial charge on any atom is 0.126 e. The van der Waals surface area contributed by atoms with E-state index in [-0.39, 0.29) is 5.82 Å². The maximum atomic E-state index is 13.3. The highest BCUT2D eigenvalue weighted by Crippen LogP contribution is 2.16. The van der Waals surface area contributed by atoms with E-state index in [0.29, 0.717) is 0 Å². The van der Waals surface area contributed by atoms with Gasteiger partial charge in [0.2, 0.25) is 0 Å². The van der Waals surface area contributed by atoms with E-state index in [1.165, 1.54) is 0 Å². The molecule has 2 heteroatoms. The Morgan fingerprint density at radius 1 is 1.23 bits per heavy atom. The summed E-state index contributed by atoms with van der Waals surface area (Å²) in [6.07, 6.45) is 1.72. The minimum atomic E-state index is -0.0788. The molecule has 0 nitrogen and oxygen atoms in total. The smallest absolute Gasteiger partial charge is 0.126 e. The molecule has 0 fully saturated rings. The monoisotopic (exact) mass is 198 g/mol. The van der Waals surface area contributed by atoms with Crippen LogP contribution in [0.2, 0.25) is 0 Å². The quantitative estimate of drug-likeness (QED) is 0.708. The molecule has 1 rings (SSSR count). The van der Waals surface area contributed by atoms with E-state index in [2.05, 4.69) is 12.6 Å². The van der Waals surface area contributed by atoms with Gasteiger partial charge in [0.15, 0.2) is 0 Å². The molecule has 0 bridgehead atoms. The molecular formula is C11H15FS. The van der Waals surface area contributed by atoms with Crippen molar-refractivity contribution >= 4 is 12.6 Å². The molecule has 13 heavy (non-hydrogen) atoms. The van der Waals surface area contributed by atoms with Crippen LogP contribution in [0.15, 0.2) is 12.1 Å². The fraction of sp³-hybridized carbons (Fsp3) is 0.455. The molecule has 0 aromatic heterocycles. The van der Waals surface area contributed by atoms with Gasteiger partial charge in [-0.15, -0.1) is 0 Å². The topological polar surface area (TPSA) is 0 Å². The van der Waals surface area contributed by atoms with Crippen LogP contribution in [0.25, 0.3) is 0 Å². The van der Waals surface area contributed by atoms with E-state index in [1.807, 2.05) is 19.9 Å². The largest absolute Gasteiger partial charge is 0.207 e. The van der Waals surface area contributed by atoms with E-state index in [0.717, 1.165) is 35.3 Å². The van der Waals surface area contributed by atoms with Crippen molar-refractivity contribution in [1.29, 1.82) is 0 Å². The summed E-state index contributed by atoms with van der Waals surface area (Å²) in [5.74, 6) is 0.733. The van der Waals surface area contributed by atoms with Crippen molar-refractivity contribution in [1.82, 2.24) is 0 Å². The van der Waals surface area contributed by atoms with E-state index in [1.54, 1.807) is 6.07 Å². The highest BCUT2D eigenvalue weighted by Gasteiger charge is 2.03. The van der Waals surface area contributed by atoms with Crippen LogP contribution in [0.4, 0.5) is 4.39 Å². The number of hydrogen-bond donors (Lipinski definition) is 1. The van der Waals surface area contributed by atoms with E-state index < -0.39 is 0 Å². The Balaban J connectivity index is 2.88. The maximum absolute atomic E-state index is 13.3. The Morgan fingerprint density at radius 2 is 1.85 bits per heavy atom. The molecule has 0 saturated carbocycles. The van der Waals surface area contributed by atoms with Gasteiger partial charge >= 0.3 is 0 Å². The Morgan fingerprint density at radius 3 is 2.46 bits per heavy atom. The zero-order valence-electron chi connectivity index (χ0n) is 8.10. The van der Waals surface area contributed by atoms with Crippen molar-refractivity contribution < 1.29 is 4.39 Å². The number of thiol groups is 1. The first-order valence-corrected chi connectivity index (χ1v) is 5.15. The van der Waals surface area contributed by atoms with E-state index >= 15 is 0 Å². The highest BCUT2D eigenvalue weighted by atomic mass is 32.1. The first-order valence-electron chi connectivity index (χ1n) is 4.51. The van der Waals surface area contributed by atoms with Gasteiger partial charge < -0.3 is 0 Å². The first-order chi connectivity index (χ1) is 6.15. The molecule has 0 aliphatic carbocycles. The first kappa shape index (κ1) is 10.6. The summed E-state index contributed by atoms with van der Waals surface area (Å²) in [5, 5.41) is 0. The van der Waals surface area contributed by atoms with Crippen molar-refractivity contribution in [3.8, 4) is 0 Å². The summed E-state index contributed by atoms with van der Waals surface area (Å²) >= 11 is 4.11. The number of hydrogen-bond acceptors (Lipinski definition) is 1. The van der Waals surface area contributed by atoms with Crippen molar-refractivity contribution in [3.63, 3.8) is 0 Å². The van der Waals surface area contributed by atoms with Crippen LogP contribution in [0.5, 0.6) is 0 Å². The van der Waals surface area contributed by atoms with Crippen LogP contribution in [-0.4, -0.2) is 5.75 Å². The predicted molar refractivity (Wildman–Crippen MR) is 58.0 cm³/mol. The number of aryl methyl sites for hydroxylation is 3. The molecule has 0 aliphatic heterocycles. The second-order valence-electron chi connectivity index (χ2n) is 3.36. The number of rotatable bonds is 3. The molecule has 0 heterocycles. The van der Waals surface area contributed by atoms with Crippen LogP contribution in [0, 0.1) is 19.7 Å². The molecule has 0 N–H and O–H groups in total. The van der Waals surface area contributed by atoms with Crippen LogP contribution in [-0.2, 0) is 6.42 Å². The summed E-state index contributed by atoms with van der Waals surface area (Å²) in [6, 6.07) is 3.55. The minimum Gasteiger partial charge on any atom is -0.207 e. The van der Waals surface area contributed by atoms with Gasteiger partial charge in [-0.1, -0.05) is 6.07 Å². The molecule has 0 radical (unpaired) electrons. The Labute approximate surface area is 84.6 Å². The summed E-state index contributed by atoms with van der Waals surface area (Å²) in [5.41, 5.74) is 3.00. The van der Waals surface area contributed by atoms with Gasteiger partial charge in [-0.3, -0.25) is 0 Å². The number of benzene rings is 1. The zero-order valence-corrected chi connectivity index (χ0v) is 9.00. The normalized spacial score (nSPS) is 10.5. The van der Waals surface area contributed by atoms with Crippen molar-refractivity contribution in [3.05, 3.63) is 34.6 Å². The third-order valence-corrected chi connectivity index (χ3v) is 2.58. The van der Waals surface area contributed by atoms with Crippen molar-refractivity contribution in [2.75, 3.05) is 5.75 Å². The number of halogens is 1. The second-order valence-corrected chi connectivity index (χ2v) is 3.80. The summed E-state index contributed by atoms with van der Waals surface area (Å²) in [6.45, 7) is 3.94. The highest BCUT2D eigenvalue weighted by molar-refractivity contribution is 7.80. The van der Waals surface area contributed by atoms with Crippen molar-refractivity contribution in [2.45, 2.75) is 26.7 Å². The van der Waals surface area contributed by atoms with Gasteiger partial charge in [-0.05, 0) is 55.2 Å². The summed E-state index contributed by atoms with van der Waals surface area (Å²) < 4.78 is 13.3. The molecule has 0 unspecified atom stereocenters. The molecule has 0 saturated heterocycles. The van der Waals surface area contributed by atoms with Crippen LogP contribution in [0.3, 0.4) is 0 Å². The van der Waals surface area contributed by atoms with E-state index in [4.69, 9.17) is 0 Å². The lowest BCUT2D eigenvalue weighted by molar-refractivity contribution is 0.606. The zero-order chi connectivity index (χ0) is 9.84. The molecular weight excluding hydrogens is 183 g/mol. The van der Waals surface area contributed by atoms with Crippen LogP contribution in [0.1, 0.15) is 23.1 Å². The molecule has 0 aliphatic rings. The van der Waals surface area contributed by atoms with E-state index in [9.17, 15) is 4.39 Å². The molecule has 72 valence electrons. The molecule has 0 amide bonds. The Hall–Kier alpha value is -0.500. The fourth-order valence-electron chi connectivity index (χ4n) is 1.30. The lowest BCUT2D eigenvalue weighted by Crippen LogP contribution is -1.94. The minimum absolute atomic E-state index is 0.0788. The van der Waals surface area contributed by atoms with Crippen molar-refractivity contribution in [2.24, 2.45) is 0 Å². The second kappa shape index (κ2) is 4.66. The van der Waals surface area contributed by atoms with Gasteiger partial charge in [-0.25, -0.2) is 4.39 Å². The van der Waals surface area contributed by atoms with Crippen LogP contribution >= 0.6 is 12.6 Å². The lowest BCUT2D eigenvalue weighted by Gasteiger charge is -2.06. The molecule has 0 atom stereocenters. The summed E-state index contributed by atoms with van der Waals surface area (Å²) in [7, 11) is 0. The van der Waals surface area contributed by atoms with Crippen LogP contribution < -0.4 is 0 Å². The Kier molecular flexibility index (Phi) is 3.79. The molecule has 1 aromatic rings.